The summed E-state index contributed by atoms with van der Waals surface area (Å²) in [5.41, 5.74) is 1.21. The standard InChI is InChI=1S/C15H19N5O2/c1-22-9-3-8-17-14-6-5-13(19-20-14)15(21)18-11-12-4-2-7-16-10-12/h2,4-7,10H,3,8-9,11H2,1H3,(H,17,20)(H,18,21). The van der Waals surface area contributed by atoms with Gasteiger partial charge in [0.2, 0.25) is 0 Å². The van der Waals surface area contributed by atoms with Crippen LogP contribution in [-0.4, -0.2) is 41.3 Å². The van der Waals surface area contributed by atoms with E-state index in [4.69, 9.17) is 4.74 Å². The molecule has 0 aliphatic carbocycles. The van der Waals surface area contributed by atoms with Crippen LogP contribution in [0, 0.1) is 0 Å². The monoisotopic (exact) mass is 301 g/mol. The molecule has 2 heterocycles. The zero-order valence-corrected chi connectivity index (χ0v) is 12.5. The maximum absolute atomic E-state index is 12.0. The Bertz CT molecular complexity index is 574. The first kappa shape index (κ1) is 15.8. The molecule has 0 fully saturated rings. The second-order valence-electron chi connectivity index (χ2n) is 4.62. The lowest BCUT2D eigenvalue weighted by molar-refractivity contribution is 0.0945. The summed E-state index contributed by atoms with van der Waals surface area (Å²) in [5, 5.41) is 13.8. The molecule has 116 valence electrons. The number of ether oxygens (including phenoxy) is 1. The highest BCUT2D eigenvalue weighted by molar-refractivity contribution is 5.92. The van der Waals surface area contributed by atoms with Crippen molar-refractivity contribution in [2.75, 3.05) is 25.6 Å². The molecule has 0 saturated heterocycles. The van der Waals surface area contributed by atoms with Gasteiger partial charge in [-0.05, 0) is 30.2 Å². The molecule has 0 aromatic carbocycles. The lowest BCUT2D eigenvalue weighted by Gasteiger charge is -2.06. The van der Waals surface area contributed by atoms with Crippen LogP contribution in [0.1, 0.15) is 22.5 Å². The lowest BCUT2D eigenvalue weighted by Crippen LogP contribution is -2.24. The average molecular weight is 301 g/mol. The Hall–Kier alpha value is -2.54. The molecule has 2 aromatic heterocycles. The quantitative estimate of drug-likeness (QED) is 0.713. The van der Waals surface area contributed by atoms with Crippen molar-refractivity contribution in [3.63, 3.8) is 0 Å². The Morgan fingerprint density at radius 1 is 1.27 bits per heavy atom. The van der Waals surface area contributed by atoms with Crippen LogP contribution in [0.5, 0.6) is 0 Å². The summed E-state index contributed by atoms with van der Waals surface area (Å²) < 4.78 is 4.96. The van der Waals surface area contributed by atoms with E-state index in [0.717, 1.165) is 18.5 Å². The number of aromatic nitrogens is 3. The van der Waals surface area contributed by atoms with Gasteiger partial charge in [0.15, 0.2) is 5.69 Å². The number of carbonyl (C=O) groups is 1. The van der Waals surface area contributed by atoms with Crippen LogP contribution in [0.3, 0.4) is 0 Å². The number of nitrogens with one attached hydrogen (secondary N) is 2. The van der Waals surface area contributed by atoms with Crippen LogP contribution in [0.4, 0.5) is 5.82 Å². The molecule has 0 saturated carbocycles. The number of amides is 1. The summed E-state index contributed by atoms with van der Waals surface area (Å²) in [6.07, 6.45) is 4.28. The van der Waals surface area contributed by atoms with Gasteiger partial charge in [-0.25, -0.2) is 0 Å². The summed E-state index contributed by atoms with van der Waals surface area (Å²) in [6, 6.07) is 7.10. The molecule has 2 aromatic rings. The molecular formula is C15H19N5O2. The van der Waals surface area contributed by atoms with Crippen LogP contribution in [-0.2, 0) is 11.3 Å². The second-order valence-corrected chi connectivity index (χ2v) is 4.62. The van der Waals surface area contributed by atoms with E-state index < -0.39 is 0 Å². The van der Waals surface area contributed by atoms with E-state index in [-0.39, 0.29) is 11.6 Å². The van der Waals surface area contributed by atoms with Crippen molar-refractivity contribution in [2.45, 2.75) is 13.0 Å². The zero-order valence-electron chi connectivity index (χ0n) is 12.5. The normalized spacial score (nSPS) is 10.2. The third kappa shape index (κ3) is 5.10. The number of hydrogen-bond donors (Lipinski definition) is 2. The minimum absolute atomic E-state index is 0.262. The largest absolute Gasteiger partial charge is 0.385 e. The van der Waals surface area contributed by atoms with Gasteiger partial charge in [-0.1, -0.05) is 6.07 Å². The number of nitrogens with zero attached hydrogens (tertiary/aromatic N) is 3. The number of rotatable bonds is 8. The summed E-state index contributed by atoms with van der Waals surface area (Å²) in [4.78, 5) is 15.9. The fourth-order valence-electron chi connectivity index (χ4n) is 1.76. The van der Waals surface area contributed by atoms with Crippen LogP contribution in [0.2, 0.25) is 0 Å². The summed E-state index contributed by atoms with van der Waals surface area (Å²) in [7, 11) is 1.67. The van der Waals surface area contributed by atoms with E-state index in [1.54, 1.807) is 31.6 Å². The Morgan fingerprint density at radius 2 is 2.18 bits per heavy atom. The summed E-state index contributed by atoms with van der Waals surface area (Å²) in [5.74, 6) is 0.377. The molecule has 0 unspecified atom stereocenters. The third-order valence-electron chi connectivity index (χ3n) is 2.90. The Morgan fingerprint density at radius 3 is 2.86 bits per heavy atom. The minimum Gasteiger partial charge on any atom is -0.385 e. The molecular weight excluding hydrogens is 282 g/mol. The highest BCUT2D eigenvalue weighted by atomic mass is 16.5. The fraction of sp³-hybridized carbons (Fsp3) is 0.333. The molecule has 2 rings (SSSR count). The first-order chi connectivity index (χ1) is 10.8. The molecule has 7 nitrogen and oxygen atoms in total. The Labute approximate surface area is 129 Å². The molecule has 0 aliphatic heterocycles. The van der Waals surface area contributed by atoms with Gasteiger partial charge in [0, 0.05) is 39.2 Å². The zero-order chi connectivity index (χ0) is 15.6. The maximum Gasteiger partial charge on any atom is 0.272 e. The minimum atomic E-state index is -0.262. The van der Waals surface area contributed by atoms with E-state index >= 15 is 0 Å². The molecule has 7 heteroatoms. The summed E-state index contributed by atoms with van der Waals surface area (Å²) >= 11 is 0. The van der Waals surface area contributed by atoms with Gasteiger partial charge in [0.25, 0.3) is 5.91 Å². The molecule has 0 bridgehead atoms. The highest BCUT2D eigenvalue weighted by Gasteiger charge is 2.07. The molecule has 0 aliphatic rings. The van der Waals surface area contributed by atoms with E-state index in [1.807, 2.05) is 12.1 Å². The predicted octanol–water partition coefficient (Wildman–Crippen LogP) is 1.25. The van der Waals surface area contributed by atoms with Gasteiger partial charge in [0.1, 0.15) is 5.82 Å². The van der Waals surface area contributed by atoms with Gasteiger partial charge < -0.3 is 15.4 Å². The second kappa shape index (κ2) is 8.68. The van der Waals surface area contributed by atoms with E-state index in [9.17, 15) is 4.79 Å². The van der Waals surface area contributed by atoms with Crippen molar-refractivity contribution in [3.05, 3.63) is 47.9 Å². The van der Waals surface area contributed by atoms with Crippen LogP contribution in [0.15, 0.2) is 36.7 Å². The van der Waals surface area contributed by atoms with E-state index in [1.165, 1.54) is 0 Å². The van der Waals surface area contributed by atoms with Crippen molar-refractivity contribution in [2.24, 2.45) is 0 Å². The van der Waals surface area contributed by atoms with Gasteiger partial charge in [-0.15, -0.1) is 10.2 Å². The van der Waals surface area contributed by atoms with Crippen molar-refractivity contribution in [1.82, 2.24) is 20.5 Å². The molecule has 2 N–H and O–H groups in total. The Balaban J connectivity index is 1.80. The highest BCUT2D eigenvalue weighted by Crippen LogP contribution is 2.03. The lowest BCUT2D eigenvalue weighted by atomic mass is 10.3. The molecule has 22 heavy (non-hydrogen) atoms. The van der Waals surface area contributed by atoms with Crippen molar-refractivity contribution < 1.29 is 9.53 Å². The maximum atomic E-state index is 12.0. The average Bonchev–Trinajstić information content (AvgIpc) is 2.58. The number of hydrogen-bond acceptors (Lipinski definition) is 6. The molecule has 0 radical (unpaired) electrons. The van der Waals surface area contributed by atoms with Gasteiger partial charge in [0.05, 0.1) is 0 Å². The molecule has 0 atom stereocenters. The SMILES string of the molecule is COCCCNc1ccc(C(=O)NCc2cccnc2)nn1. The number of methoxy groups -OCH3 is 1. The van der Waals surface area contributed by atoms with E-state index in [0.29, 0.717) is 19.0 Å². The van der Waals surface area contributed by atoms with Crippen LogP contribution in [0.25, 0.3) is 0 Å². The number of carbonyl (C=O) groups excluding carboxylic acids is 1. The predicted molar refractivity (Wildman–Crippen MR) is 82.4 cm³/mol. The van der Waals surface area contributed by atoms with Crippen molar-refractivity contribution >= 4 is 11.7 Å². The summed E-state index contributed by atoms with van der Waals surface area (Å²) in [6.45, 7) is 1.84. The number of pyridine rings is 1. The number of anilines is 1. The van der Waals surface area contributed by atoms with E-state index in [2.05, 4.69) is 25.8 Å². The van der Waals surface area contributed by atoms with Gasteiger partial charge >= 0.3 is 0 Å². The van der Waals surface area contributed by atoms with Crippen LogP contribution < -0.4 is 10.6 Å². The fourth-order valence-corrected chi connectivity index (χ4v) is 1.76. The van der Waals surface area contributed by atoms with Gasteiger partial charge in [-0.2, -0.15) is 0 Å². The third-order valence-corrected chi connectivity index (χ3v) is 2.90. The first-order valence-corrected chi connectivity index (χ1v) is 7.03. The van der Waals surface area contributed by atoms with Crippen molar-refractivity contribution in [1.29, 1.82) is 0 Å². The molecule has 1 amide bonds. The molecule has 0 spiro atoms. The first-order valence-electron chi connectivity index (χ1n) is 7.03. The van der Waals surface area contributed by atoms with Crippen molar-refractivity contribution in [3.8, 4) is 0 Å². The Kier molecular flexibility index (Phi) is 6.25. The van der Waals surface area contributed by atoms with Crippen LogP contribution >= 0.6 is 0 Å². The smallest absolute Gasteiger partial charge is 0.272 e. The van der Waals surface area contributed by atoms with Gasteiger partial charge in [-0.3, -0.25) is 9.78 Å². The topological polar surface area (TPSA) is 89.0 Å².